The number of nitrogens with two attached hydrogens (primary N) is 1. The number of nitrogens with zero attached hydrogens (tertiary/aromatic N) is 2. The number of alkyl halides is 2. The van der Waals surface area contributed by atoms with Gasteiger partial charge in [-0.25, -0.2) is 4.98 Å². The van der Waals surface area contributed by atoms with Gasteiger partial charge >= 0.3 is 13.3 Å². The molecule has 1 aromatic heterocycles. The molecule has 5 N–H and O–H groups in total. The molecule has 0 spiro atoms. The maximum atomic E-state index is 13.2. The fourth-order valence-corrected chi connectivity index (χ4v) is 3.75. The second-order valence-electron chi connectivity index (χ2n) is 8.20. The van der Waals surface area contributed by atoms with Crippen LogP contribution in [0.5, 0.6) is 11.5 Å². The van der Waals surface area contributed by atoms with Crippen molar-refractivity contribution in [2.24, 2.45) is 0 Å². The van der Waals surface area contributed by atoms with Crippen LogP contribution >= 0.6 is 7.60 Å². The van der Waals surface area contributed by atoms with E-state index >= 15 is 0 Å². The van der Waals surface area contributed by atoms with Crippen LogP contribution in [0, 0.1) is 6.92 Å². The summed E-state index contributed by atoms with van der Waals surface area (Å²) >= 11 is 0. The van der Waals surface area contributed by atoms with Crippen molar-refractivity contribution in [2.75, 3.05) is 44.5 Å². The lowest BCUT2D eigenvalue weighted by molar-refractivity contribution is 0.00972. The van der Waals surface area contributed by atoms with Gasteiger partial charge in [0.1, 0.15) is 23.9 Å². The van der Waals surface area contributed by atoms with Gasteiger partial charge in [-0.2, -0.15) is 13.8 Å². The van der Waals surface area contributed by atoms with Crippen molar-refractivity contribution >= 4 is 19.4 Å². The first-order valence-electron chi connectivity index (χ1n) is 11.7. The Morgan fingerprint density at radius 1 is 1.17 bits per heavy atom. The summed E-state index contributed by atoms with van der Waals surface area (Å²) in [7, 11) is -3.96. The Bertz CT molecular complexity index is 1040. The summed E-state index contributed by atoms with van der Waals surface area (Å²) in [5, 5.41) is 3.36. The highest BCUT2D eigenvalue weighted by molar-refractivity contribution is 7.53. The molecule has 10 nitrogen and oxygen atoms in total. The Hall–Kier alpha value is -2.53. The highest BCUT2D eigenvalue weighted by Crippen LogP contribution is 2.54. The third-order valence-corrected chi connectivity index (χ3v) is 6.48. The lowest BCUT2D eigenvalue weighted by Crippen LogP contribution is -2.20. The molecule has 0 atom stereocenters. The van der Waals surface area contributed by atoms with Crippen LogP contribution in [-0.2, 0) is 15.7 Å². The minimum atomic E-state index is -5.51. The van der Waals surface area contributed by atoms with E-state index in [0.29, 0.717) is 23.7 Å². The highest BCUT2D eigenvalue weighted by atomic mass is 31.2. The third kappa shape index (κ3) is 8.85. The molecule has 0 saturated heterocycles. The number of methoxy groups -OCH3 is 1. The summed E-state index contributed by atoms with van der Waals surface area (Å²) in [5.41, 5.74) is 4.31. The van der Waals surface area contributed by atoms with Crippen LogP contribution in [0.15, 0.2) is 18.2 Å². The zero-order chi connectivity index (χ0) is 26.8. The van der Waals surface area contributed by atoms with E-state index in [2.05, 4.69) is 22.2 Å². The highest BCUT2D eigenvalue weighted by Gasteiger charge is 2.48. The van der Waals surface area contributed by atoms with Crippen LogP contribution in [0.25, 0.3) is 0 Å². The van der Waals surface area contributed by atoms with Crippen molar-refractivity contribution < 1.29 is 37.3 Å². The van der Waals surface area contributed by atoms with Crippen molar-refractivity contribution in [2.45, 2.75) is 51.6 Å². The molecule has 2 rings (SSSR count). The minimum Gasteiger partial charge on any atom is -0.496 e. The normalized spacial score (nSPS) is 12.0. The predicted molar refractivity (Wildman–Crippen MR) is 133 cm³/mol. The van der Waals surface area contributed by atoms with E-state index in [9.17, 15) is 13.3 Å². The van der Waals surface area contributed by atoms with Crippen molar-refractivity contribution in [3.8, 4) is 11.5 Å². The number of unbranched alkanes of at least 4 members (excludes halogenated alkanes) is 2. The molecule has 1 aromatic carbocycles. The number of ether oxygens (including phenoxy) is 3. The largest absolute Gasteiger partial charge is 0.496 e. The lowest BCUT2D eigenvalue weighted by Gasteiger charge is -2.17. The van der Waals surface area contributed by atoms with Gasteiger partial charge < -0.3 is 35.0 Å². The molecule has 1 heterocycles. The van der Waals surface area contributed by atoms with Gasteiger partial charge in [-0.05, 0) is 25.0 Å². The van der Waals surface area contributed by atoms with Crippen molar-refractivity contribution in [1.82, 2.24) is 9.97 Å². The number of aryl methyl sites for hydroxylation is 1. The first-order valence-corrected chi connectivity index (χ1v) is 13.3. The van der Waals surface area contributed by atoms with Crippen LogP contribution in [0.1, 0.15) is 49.4 Å². The summed E-state index contributed by atoms with van der Waals surface area (Å²) in [6.45, 7) is 4.31. The zero-order valence-corrected chi connectivity index (χ0v) is 21.7. The van der Waals surface area contributed by atoms with Gasteiger partial charge in [-0.3, -0.25) is 4.57 Å². The van der Waals surface area contributed by atoms with Crippen molar-refractivity contribution in [3.05, 3.63) is 35.0 Å². The average molecular weight is 533 g/mol. The van der Waals surface area contributed by atoms with E-state index < -0.39 is 26.3 Å². The Balaban J connectivity index is 1.98. The monoisotopic (exact) mass is 532 g/mol. The maximum Gasteiger partial charge on any atom is 0.394 e. The molecule has 2 aromatic rings. The number of nitrogens with one attached hydrogen (secondary N) is 1. The van der Waals surface area contributed by atoms with E-state index in [1.165, 1.54) is 0 Å². The summed E-state index contributed by atoms with van der Waals surface area (Å²) in [4.78, 5) is 25.9. The van der Waals surface area contributed by atoms with Crippen LogP contribution < -0.4 is 20.5 Å². The number of hydrogen-bond donors (Lipinski definition) is 4. The zero-order valence-electron chi connectivity index (χ0n) is 20.8. The quantitative estimate of drug-likeness (QED) is 0.184. The van der Waals surface area contributed by atoms with Gasteiger partial charge in [0.25, 0.3) is 0 Å². The topological polar surface area (TPSA) is 149 Å². The number of nitrogen functional groups attached to an aromatic ring is 1. The lowest BCUT2D eigenvalue weighted by atomic mass is 10.0. The molecular formula is C23H35F2N4O6P. The third-order valence-electron chi connectivity index (χ3n) is 5.40. The van der Waals surface area contributed by atoms with Gasteiger partial charge in [0, 0.05) is 36.7 Å². The smallest absolute Gasteiger partial charge is 0.394 e. The Morgan fingerprint density at radius 3 is 2.58 bits per heavy atom. The fourth-order valence-electron chi connectivity index (χ4n) is 3.37. The molecule has 202 valence electrons. The molecule has 0 radical (unpaired) electrons. The molecule has 0 bridgehead atoms. The first-order chi connectivity index (χ1) is 17.0. The summed E-state index contributed by atoms with van der Waals surface area (Å²) in [6.07, 6.45) is 2.67. The number of halogens is 2. The molecule has 0 aliphatic carbocycles. The van der Waals surface area contributed by atoms with E-state index in [4.69, 9.17) is 29.7 Å². The van der Waals surface area contributed by atoms with Gasteiger partial charge in [-0.15, -0.1) is 0 Å². The SMILES string of the molecule is CCCCCNc1nc(N)nc(C)c1Cc1ccc(OCCOCCC(F)(F)P(=O)(O)O)cc1OC. The van der Waals surface area contributed by atoms with Crippen LogP contribution in [0.4, 0.5) is 20.5 Å². The van der Waals surface area contributed by atoms with Gasteiger partial charge in [0.15, 0.2) is 0 Å². The van der Waals surface area contributed by atoms with Crippen molar-refractivity contribution in [1.29, 1.82) is 0 Å². The second-order valence-corrected chi connectivity index (χ2v) is 9.94. The molecule has 0 unspecified atom stereocenters. The summed E-state index contributed by atoms with van der Waals surface area (Å²) in [6, 6.07) is 5.31. The van der Waals surface area contributed by atoms with Crippen LogP contribution in [-0.4, -0.2) is 58.9 Å². The van der Waals surface area contributed by atoms with Crippen molar-refractivity contribution in [3.63, 3.8) is 0 Å². The van der Waals surface area contributed by atoms with E-state index in [0.717, 1.165) is 42.6 Å². The Labute approximate surface area is 209 Å². The van der Waals surface area contributed by atoms with Gasteiger partial charge in [0.2, 0.25) is 5.95 Å². The summed E-state index contributed by atoms with van der Waals surface area (Å²) < 4.78 is 53.3. The maximum absolute atomic E-state index is 13.2. The second kappa shape index (κ2) is 13.7. The Kier molecular flexibility index (Phi) is 11.3. The van der Waals surface area contributed by atoms with E-state index in [-0.39, 0.29) is 19.2 Å². The van der Waals surface area contributed by atoms with Gasteiger partial charge in [-0.1, -0.05) is 25.8 Å². The molecule has 0 aliphatic rings. The van der Waals surface area contributed by atoms with E-state index in [1.54, 1.807) is 19.2 Å². The molecular weight excluding hydrogens is 497 g/mol. The van der Waals surface area contributed by atoms with Crippen LogP contribution in [0.2, 0.25) is 0 Å². The summed E-state index contributed by atoms with van der Waals surface area (Å²) in [5.74, 6) is 1.98. The molecule has 0 fully saturated rings. The fraction of sp³-hybridized carbons (Fsp3) is 0.565. The molecule has 13 heteroatoms. The molecule has 0 saturated carbocycles. The first kappa shape index (κ1) is 29.7. The molecule has 0 aliphatic heterocycles. The molecule has 0 amide bonds. The number of rotatable bonds is 16. The van der Waals surface area contributed by atoms with E-state index in [1.807, 2.05) is 13.0 Å². The van der Waals surface area contributed by atoms with Crippen LogP contribution in [0.3, 0.4) is 0 Å². The number of anilines is 2. The number of benzene rings is 1. The minimum absolute atomic E-state index is 0.0314. The Morgan fingerprint density at radius 2 is 1.92 bits per heavy atom. The predicted octanol–water partition coefficient (Wildman–Crippen LogP) is 4.12. The number of hydrogen-bond acceptors (Lipinski definition) is 8. The average Bonchev–Trinajstić information content (AvgIpc) is 2.80. The number of aromatic nitrogens is 2. The van der Waals surface area contributed by atoms with Gasteiger partial charge in [0.05, 0.1) is 20.3 Å². The molecule has 36 heavy (non-hydrogen) atoms. The standard InChI is InChI=1S/C23H35F2N4O6P/c1-4-5-6-10-27-21-19(16(2)28-22(26)29-21)14-17-7-8-18(15-20(17)33-3)35-13-12-34-11-9-23(24,25)36(30,31)32/h7-8,15H,4-6,9-14H2,1-3H3,(H2,30,31,32)(H3,26,27,28,29).